The fraction of sp³-hybridized carbons (Fsp3) is 0.210. The number of hydrogen-bond donors (Lipinski definition) is 0. The van der Waals surface area contributed by atoms with Gasteiger partial charge in [-0.25, -0.2) is 15.0 Å². The maximum atomic E-state index is 7.23. The Hall–Kier alpha value is -7.17. The van der Waals surface area contributed by atoms with Crippen molar-refractivity contribution in [2.75, 3.05) is 0 Å². The Bertz CT molecular complexity index is 3410. The Balaban J connectivity index is 0.937. The first-order chi connectivity index (χ1) is 32.4. The second-order valence-electron chi connectivity index (χ2n) is 20.4. The van der Waals surface area contributed by atoms with Crippen molar-refractivity contribution in [1.82, 2.24) is 15.0 Å². The van der Waals surface area contributed by atoms with Gasteiger partial charge in [-0.2, -0.15) is 0 Å². The molecule has 4 bridgehead atoms. The van der Waals surface area contributed by atoms with Crippen LogP contribution in [0.2, 0.25) is 0 Å². The van der Waals surface area contributed by atoms with Crippen molar-refractivity contribution in [3.8, 4) is 79.0 Å². The van der Waals surface area contributed by atoms with Crippen LogP contribution in [0, 0.1) is 23.7 Å². The second-order valence-corrected chi connectivity index (χ2v) is 20.4. The van der Waals surface area contributed by atoms with Gasteiger partial charge in [0, 0.05) is 44.2 Å². The van der Waals surface area contributed by atoms with E-state index in [9.17, 15) is 0 Å². The lowest BCUT2D eigenvalue weighted by molar-refractivity contribution is -0.0406. The molecule has 1 spiro atoms. The standard InChI is InChI=1S/C62H49N3O/c1-61(2)53-17-8-9-18-55(53)66-57-54(61)28-26-50-51-36-47(25-27-52(51)62(56(50)57)48-30-37-29-38(32-48)33-49(62)31-37)60-64-58(63-59(65-60)46-16-10-15-44(35-46)39-11-4-3-5-12-39)42-22-19-41(20-23-42)45-24-21-40-13-6-7-14-43(40)34-45/h3-28,34-38,48-49H,29-33H2,1-2H3. The largest absolute Gasteiger partial charge is 0.456 e. The van der Waals surface area contributed by atoms with Gasteiger partial charge in [-0.1, -0.05) is 166 Å². The van der Waals surface area contributed by atoms with Crippen molar-refractivity contribution < 1.29 is 4.74 Å². The van der Waals surface area contributed by atoms with Crippen LogP contribution in [-0.4, -0.2) is 15.0 Å². The summed E-state index contributed by atoms with van der Waals surface area (Å²) in [5, 5.41) is 2.47. The molecule has 0 unspecified atom stereocenters. The molecule has 66 heavy (non-hydrogen) atoms. The molecule has 0 amide bonds. The molecule has 6 aliphatic rings. The third-order valence-electron chi connectivity index (χ3n) is 16.5. The number of rotatable bonds is 5. The summed E-state index contributed by atoms with van der Waals surface area (Å²) < 4.78 is 7.23. The van der Waals surface area contributed by atoms with E-state index in [1.807, 2.05) is 0 Å². The first kappa shape index (κ1) is 38.1. The van der Waals surface area contributed by atoms with Gasteiger partial charge in [-0.3, -0.25) is 0 Å². The lowest BCUT2D eigenvalue weighted by Gasteiger charge is -2.61. The van der Waals surface area contributed by atoms with Gasteiger partial charge in [0.1, 0.15) is 11.5 Å². The van der Waals surface area contributed by atoms with Crippen LogP contribution < -0.4 is 4.74 Å². The molecule has 4 heteroatoms. The van der Waals surface area contributed by atoms with Crippen molar-refractivity contribution >= 4 is 10.8 Å². The van der Waals surface area contributed by atoms with E-state index in [-0.39, 0.29) is 10.8 Å². The fourth-order valence-corrected chi connectivity index (χ4v) is 13.7. The molecule has 8 aromatic carbocycles. The number of fused-ring (bicyclic) bond motifs is 7. The maximum absolute atomic E-state index is 7.23. The van der Waals surface area contributed by atoms with Gasteiger partial charge >= 0.3 is 0 Å². The molecule has 1 aromatic heterocycles. The number of aromatic nitrogens is 3. The molecule has 0 radical (unpaired) electrons. The van der Waals surface area contributed by atoms with Gasteiger partial charge in [-0.15, -0.1) is 0 Å². The molecule has 0 saturated heterocycles. The lowest BCUT2D eigenvalue weighted by atomic mass is 9.43. The van der Waals surface area contributed by atoms with Gasteiger partial charge in [-0.05, 0) is 130 Å². The Morgan fingerprint density at radius 1 is 0.409 bits per heavy atom. The minimum atomic E-state index is -0.185. The molecule has 1 aliphatic heterocycles. The molecule has 4 nitrogen and oxygen atoms in total. The summed E-state index contributed by atoms with van der Waals surface area (Å²) >= 11 is 0. The number of ether oxygens (including phenoxy) is 1. The third kappa shape index (κ3) is 5.60. The summed E-state index contributed by atoms with van der Waals surface area (Å²) in [6.45, 7) is 4.76. The Kier molecular flexibility index (Phi) is 8.18. The molecular weight excluding hydrogens is 803 g/mol. The van der Waals surface area contributed by atoms with E-state index in [4.69, 9.17) is 19.7 Å². The highest BCUT2D eigenvalue weighted by atomic mass is 16.5. The van der Waals surface area contributed by atoms with Gasteiger partial charge in [0.15, 0.2) is 17.5 Å². The van der Waals surface area contributed by atoms with Crippen LogP contribution in [0.5, 0.6) is 11.5 Å². The summed E-state index contributed by atoms with van der Waals surface area (Å²) in [5.74, 6) is 6.97. The first-order valence-electron chi connectivity index (χ1n) is 24.0. The van der Waals surface area contributed by atoms with Crippen molar-refractivity contribution in [3.05, 3.63) is 198 Å². The minimum Gasteiger partial charge on any atom is -0.456 e. The predicted molar refractivity (Wildman–Crippen MR) is 266 cm³/mol. The highest BCUT2D eigenvalue weighted by Gasteiger charge is 2.63. The van der Waals surface area contributed by atoms with E-state index in [1.165, 1.54) is 81.8 Å². The minimum absolute atomic E-state index is 0.0790. The average Bonchev–Trinajstić information content (AvgIpc) is 3.66. The predicted octanol–water partition coefficient (Wildman–Crippen LogP) is 15.5. The number of nitrogens with zero attached hydrogens (tertiary/aromatic N) is 3. The number of benzene rings is 8. The number of para-hydroxylation sites is 1. The average molecular weight is 852 g/mol. The van der Waals surface area contributed by atoms with Crippen LogP contribution in [0.1, 0.15) is 68.2 Å². The summed E-state index contributed by atoms with van der Waals surface area (Å²) in [7, 11) is 0. The zero-order valence-corrected chi connectivity index (χ0v) is 37.3. The summed E-state index contributed by atoms with van der Waals surface area (Å²) in [4.78, 5) is 15.9. The number of hydrogen-bond acceptors (Lipinski definition) is 4. The molecule has 15 rings (SSSR count). The lowest BCUT2D eigenvalue weighted by Crippen LogP contribution is -2.55. The molecule has 4 saturated carbocycles. The molecule has 4 fully saturated rings. The Labute approximate surface area is 386 Å². The van der Waals surface area contributed by atoms with Gasteiger partial charge in [0.05, 0.1) is 0 Å². The van der Waals surface area contributed by atoms with Gasteiger partial charge < -0.3 is 4.74 Å². The van der Waals surface area contributed by atoms with E-state index in [0.717, 1.165) is 56.7 Å². The SMILES string of the molecule is CC1(C)c2ccccc2Oc2c1ccc1c2C2(c3ccc(-c4nc(-c5ccc(-c6ccc7ccccc7c6)cc5)nc(-c5cccc(-c6ccccc6)c5)n4)cc3-1)C1CC3CC(C1)CC2C3. The van der Waals surface area contributed by atoms with Crippen LogP contribution in [0.4, 0.5) is 0 Å². The van der Waals surface area contributed by atoms with Crippen LogP contribution in [0.3, 0.4) is 0 Å². The smallest absolute Gasteiger partial charge is 0.164 e. The second kappa shape index (κ2) is 14.2. The van der Waals surface area contributed by atoms with Crippen LogP contribution >= 0.6 is 0 Å². The van der Waals surface area contributed by atoms with Gasteiger partial charge in [0.2, 0.25) is 0 Å². The Morgan fingerprint density at radius 2 is 0.970 bits per heavy atom. The summed E-state index contributed by atoms with van der Waals surface area (Å²) in [6, 6.07) is 63.7. The zero-order chi connectivity index (χ0) is 43.7. The topological polar surface area (TPSA) is 47.9 Å². The van der Waals surface area contributed by atoms with Crippen LogP contribution in [-0.2, 0) is 10.8 Å². The first-order valence-corrected chi connectivity index (χ1v) is 24.0. The highest BCUT2D eigenvalue weighted by molar-refractivity contribution is 5.90. The van der Waals surface area contributed by atoms with Crippen LogP contribution in [0.15, 0.2) is 176 Å². The monoisotopic (exact) mass is 851 g/mol. The van der Waals surface area contributed by atoms with E-state index in [1.54, 1.807) is 0 Å². The molecule has 5 aliphatic carbocycles. The summed E-state index contributed by atoms with van der Waals surface area (Å²) in [5.41, 5.74) is 15.4. The summed E-state index contributed by atoms with van der Waals surface area (Å²) in [6.07, 6.45) is 6.63. The third-order valence-corrected chi connectivity index (χ3v) is 16.5. The molecule has 2 heterocycles. The van der Waals surface area contributed by atoms with E-state index in [2.05, 4.69) is 190 Å². The van der Waals surface area contributed by atoms with Gasteiger partial charge in [0.25, 0.3) is 0 Å². The van der Waals surface area contributed by atoms with Crippen molar-refractivity contribution in [2.24, 2.45) is 23.7 Å². The normalized spacial score (nSPS) is 22.4. The quantitative estimate of drug-likeness (QED) is 0.173. The van der Waals surface area contributed by atoms with E-state index in [0.29, 0.717) is 29.3 Å². The molecule has 0 atom stereocenters. The molecule has 9 aromatic rings. The molecule has 318 valence electrons. The fourth-order valence-electron chi connectivity index (χ4n) is 13.7. The maximum Gasteiger partial charge on any atom is 0.164 e. The molecule has 0 N–H and O–H groups in total. The Morgan fingerprint density at radius 3 is 1.74 bits per heavy atom. The molecular formula is C62H49N3O. The van der Waals surface area contributed by atoms with Crippen LogP contribution in [0.25, 0.3) is 78.3 Å². The zero-order valence-electron chi connectivity index (χ0n) is 37.3. The van der Waals surface area contributed by atoms with Crippen molar-refractivity contribution in [3.63, 3.8) is 0 Å². The van der Waals surface area contributed by atoms with E-state index >= 15 is 0 Å². The van der Waals surface area contributed by atoms with Crippen molar-refractivity contribution in [2.45, 2.75) is 56.8 Å². The highest BCUT2D eigenvalue weighted by Crippen LogP contribution is 2.72. The van der Waals surface area contributed by atoms with Crippen molar-refractivity contribution in [1.29, 1.82) is 0 Å². The van der Waals surface area contributed by atoms with E-state index < -0.39 is 0 Å².